The van der Waals surface area contributed by atoms with Gasteiger partial charge in [0.25, 0.3) is 5.91 Å². The third-order valence-electron chi connectivity index (χ3n) is 4.52. The fourth-order valence-electron chi connectivity index (χ4n) is 2.95. The minimum atomic E-state index is -0.369. The molecule has 1 aliphatic rings. The molecular formula is C18H20FN3O3. The van der Waals surface area contributed by atoms with E-state index >= 15 is 0 Å². The van der Waals surface area contributed by atoms with Crippen molar-refractivity contribution in [2.45, 2.75) is 20.3 Å². The smallest absolute Gasteiger partial charge is 0.253 e. The Hall–Kier alpha value is -2.70. The number of aryl methyl sites for hydroxylation is 2. The van der Waals surface area contributed by atoms with E-state index in [0.717, 1.165) is 11.3 Å². The minimum absolute atomic E-state index is 0.00304. The highest BCUT2D eigenvalue weighted by Gasteiger charge is 2.26. The van der Waals surface area contributed by atoms with E-state index in [4.69, 9.17) is 4.52 Å². The lowest BCUT2D eigenvalue weighted by molar-refractivity contribution is -0.131. The van der Waals surface area contributed by atoms with Crippen molar-refractivity contribution in [3.63, 3.8) is 0 Å². The van der Waals surface area contributed by atoms with Crippen LogP contribution in [0.5, 0.6) is 0 Å². The van der Waals surface area contributed by atoms with E-state index in [1.165, 1.54) is 24.3 Å². The van der Waals surface area contributed by atoms with Crippen molar-refractivity contribution < 1.29 is 18.5 Å². The molecule has 1 fully saturated rings. The third-order valence-corrected chi connectivity index (χ3v) is 4.52. The van der Waals surface area contributed by atoms with Crippen LogP contribution in [0.3, 0.4) is 0 Å². The van der Waals surface area contributed by atoms with E-state index in [-0.39, 0.29) is 24.1 Å². The third kappa shape index (κ3) is 3.70. The van der Waals surface area contributed by atoms with Gasteiger partial charge in [0.1, 0.15) is 11.6 Å². The highest BCUT2D eigenvalue weighted by Crippen LogP contribution is 2.15. The highest BCUT2D eigenvalue weighted by atomic mass is 19.1. The number of benzene rings is 1. The maximum absolute atomic E-state index is 13.0. The van der Waals surface area contributed by atoms with Crippen LogP contribution in [0.15, 0.2) is 28.8 Å². The quantitative estimate of drug-likeness (QED) is 0.853. The van der Waals surface area contributed by atoms with Gasteiger partial charge < -0.3 is 14.3 Å². The predicted octanol–water partition coefficient (Wildman–Crippen LogP) is 1.96. The monoisotopic (exact) mass is 345 g/mol. The van der Waals surface area contributed by atoms with E-state index in [2.05, 4.69) is 5.16 Å². The molecule has 0 unspecified atom stereocenters. The van der Waals surface area contributed by atoms with E-state index in [1.807, 2.05) is 6.92 Å². The second-order valence-corrected chi connectivity index (χ2v) is 6.16. The average Bonchev–Trinajstić information content (AvgIpc) is 2.94. The van der Waals surface area contributed by atoms with Gasteiger partial charge in [0.2, 0.25) is 5.91 Å². The Kier molecular flexibility index (Phi) is 4.83. The van der Waals surface area contributed by atoms with Gasteiger partial charge in [-0.25, -0.2) is 4.39 Å². The second kappa shape index (κ2) is 7.04. The Morgan fingerprint density at radius 2 is 1.68 bits per heavy atom. The average molecular weight is 345 g/mol. The first-order valence-corrected chi connectivity index (χ1v) is 8.20. The molecule has 1 aromatic heterocycles. The summed E-state index contributed by atoms with van der Waals surface area (Å²) in [6, 6.07) is 5.51. The molecule has 0 N–H and O–H groups in total. The number of carbonyl (C=O) groups excluding carboxylic acids is 2. The Morgan fingerprint density at radius 3 is 2.24 bits per heavy atom. The van der Waals surface area contributed by atoms with Gasteiger partial charge in [-0.2, -0.15) is 0 Å². The van der Waals surface area contributed by atoms with E-state index in [1.54, 1.807) is 16.7 Å². The molecule has 25 heavy (non-hydrogen) atoms. The van der Waals surface area contributed by atoms with Crippen LogP contribution in [0, 0.1) is 19.7 Å². The van der Waals surface area contributed by atoms with Crippen LogP contribution in [-0.4, -0.2) is 52.9 Å². The molecule has 2 aromatic rings. The normalized spacial score (nSPS) is 14.7. The van der Waals surface area contributed by atoms with Crippen molar-refractivity contribution in [1.29, 1.82) is 0 Å². The van der Waals surface area contributed by atoms with Crippen LogP contribution in [0.2, 0.25) is 0 Å². The molecule has 1 saturated heterocycles. The summed E-state index contributed by atoms with van der Waals surface area (Å²) in [4.78, 5) is 28.3. The number of carbonyl (C=O) groups is 2. The van der Waals surface area contributed by atoms with Crippen molar-refractivity contribution in [2.75, 3.05) is 26.2 Å². The van der Waals surface area contributed by atoms with Gasteiger partial charge in [0.15, 0.2) is 0 Å². The number of halogens is 1. The first-order valence-electron chi connectivity index (χ1n) is 8.20. The molecular weight excluding hydrogens is 325 g/mol. The lowest BCUT2D eigenvalue weighted by atomic mass is 10.1. The van der Waals surface area contributed by atoms with Crippen LogP contribution in [0.4, 0.5) is 4.39 Å². The van der Waals surface area contributed by atoms with Crippen LogP contribution in [0.25, 0.3) is 0 Å². The van der Waals surface area contributed by atoms with E-state index < -0.39 is 0 Å². The van der Waals surface area contributed by atoms with Gasteiger partial charge >= 0.3 is 0 Å². The van der Waals surface area contributed by atoms with Crippen LogP contribution >= 0.6 is 0 Å². The molecule has 7 heteroatoms. The zero-order chi connectivity index (χ0) is 18.0. The second-order valence-electron chi connectivity index (χ2n) is 6.16. The summed E-state index contributed by atoms with van der Waals surface area (Å²) in [5.41, 5.74) is 2.02. The molecule has 2 heterocycles. The van der Waals surface area contributed by atoms with Gasteiger partial charge in [-0.15, -0.1) is 0 Å². The molecule has 0 spiro atoms. The first kappa shape index (κ1) is 17.1. The molecule has 0 aliphatic carbocycles. The minimum Gasteiger partial charge on any atom is -0.361 e. The van der Waals surface area contributed by atoms with Crippen LogP contribution < -0.4 is 0 Å². The topological polar surface area (TPSA) is 66.7 Å². The summed E-state index contributed by atoms with van der Waals surface area (Å²) in [7, 11) is 0. The number of hydrogen-bond donors (Lipinski definition) is 0. The van der Waals surface area contributed by atoms with Gasteiger partial charge in [-0.1, -0.05) is 5.16 Å². The number of piperazine rings is 1. The summed E-state index contributed by atoms with van der Waals surface area (Å²) in [5.74, 6) is 0.156. The first-order chi connectivity index (χ1) is 12.0. The molecule has 2 amide bonds. The largest absolute Gasteiger partial charge is 0.361 e. The number of aromatic nitrogens is 1. The Morgan fingerprint density at radius 1 is 1.08 bits per heavy atom. The lowest BCUT2D eigenvalue weighted by Gasteiger charge is -2.35. The number of hydrogen-bond acceptors (Lipinski definition) is 4. The van der Waals surface area contributed by atoms with Crippen molar-refractivity contribution in [2.24, 2.45) is 0 Å². The molecule has 0 radical (unpaired) electrons. The summed E-state index contributed by atoms with van der Waals surface area (Å²) in [6.07, 6.45) is 0.257. The predicted molar refractivity (Wildman–Crippen MR) is 88.6 cm³/mol. The molecule has 0 atom stereocenters. The van der Waals surface area contributed by atoms with Gasteiger partial charge in [-0.05, 0) is 38.1 Å². The van der Waals surface area contributed by atoms with Gasteiger partial charge in [-0.3, -0.25) is 9.59 Å². The summed E-state index contributed by atoms with van der Waals surface area (Å²) in [6.45, 7) is 5.50. The van der Waals surface area contributed by atoms with Crippen molar-refractivity contribution in [3.05, 3.63) is 52.7 Å². The standard InChI is InChI=1S/C18H20FN3O3/c1-12-16(13(2)25-20-12)11-17(23)21-7-9-22(10-8-21)18(24)14-3-5-15(19)6-4-14/h3-6H,7-11H2,1-2H3. The Balaban J connectivity index is 1.57. The highest BCUT2D eigenvalue weighted by molar-refractivity contribution is 5.94. The molecule has 6 nitrogen and oxygen atoms in total. The summed E-state index contributed by atoms with van der Waals surface area (Å²) < 4.78 is 18.1. The Labute approximate surface area is 145 Å². The van der Waals surface area contributed by atoms with E-state index in [0.29, 0.717) is 37.5 Å². The fraction of sp³-hybridized carbons (Fsp3) is 0.389. The van der Waals surface area contributed by atoms with Crippen LogP contribution in [0.1, 0.15) is 27.4 Å². The number of rotatable bonds is 3. The van der Waals surface area contributed by atoms with Gasteiger partial charge in [0.05, 0.1) is 12.1 Å². The number of nitrogens with zero attached hydrogens (tertiary/aromatic N) is 3. The maximum atomic E-state index is 13.0. The van der Waals surface area contributed by atoms with Crippen molar-refractivity contribution >= 4 is 11.8 Å². The Bertz CT molecular complexity index is 758. The van der Waals surface area contributed by atoms with Crippen molar-refractivity contribution in [1.82, 2.24) is 15.0 Å². The molecule has 0 saturated carbocycles. The van der Waals surface area contributed by atoms with Gasteiger partial charge in [0, 0.05) is 37.3 Å². The molecule has 1 aromatic carbocycles. The summed E-state index contributed by atoms with van der Waals surface area (Å²) in [5, 5.41) is 3.86. The molecule has 1 aliphatic heterocycles. The molecule has 0 bridgehead atoms. The zero-order valence-corrected chi connectivity index (χ0v) is 14.3. The van der Waals surface area contributed by atoms with E-state index in [9.17, 15) is 14.0 Å². The molecule has 132 valence electrons. The SMILES string of the molecule is Cc1noc(C)c1CC(=O)N1CCN(C(=O)c2ccc(F)cc2)CC1. The molecule has 3 rings (SSSR count). The van der Waals surface area contributed by atoms with Crippen molar-refractivity contribution in [3.8, 4) is 0 Å². The fourth-order valence-corrected chi connectivity index (χ4v) is 2.95. The zero-order valence-electron chi connectivity index (χ0n) is 14.3. The lowest BCUT2D eigenvalue weighted by Crippen LogP contribution is -2.51. The summed E-state index contributed by atoms with van der Waals surface area (Å²) >= 11 is 0. The number of amides is 2. The maximum Gasteiger partial charge on any atom is 0.253 e. The van der Waals surface area contributed by atoms with Crippen LogP contribution in [-0.2, 0) is 11.2 Å².